The van der Waals surface area contributed by atoms with Crippen molar-refractivity contribution in [2.24, 2.45) is 0 Å². The van der Waals surface area contributed by atoms with Crippen LogP contribution >= 0.6 is 0 Å². The van der Waals surface area contributed by atoms with E-state index in [9.17, 15) is 13.2 Å². The summed E-state index contributed by atoms with van der Waals surface area (Å²) < 4.78 is 27.3. The number of benzene rings is 1. The van der Waals surface area contributed by atoms with E-state index in [1.165, 1.54) is 4.31 Å². The summed E-state index contributed by atoms with van der Waals surface area (Å²) in [6, 6.07) is 10.2. The first kappa shape index (κ1) is 18.5. The van der Waals surface area contributed by atoms with Crippen LogP contribution in [0, 0.1) is 13.8 Å². The maximum Gasteiger partial charge on any atom is 0.272 e. The molecule has 0 aliphatic carbocycles. The third-order valence-corrected chi connectivity index (χ3v) is 6.72. The first-order chi connectivity index (χ1) is 12.3. The first-order valence-electron chi connectivity index (χ1n) is 8.60. The molecule has 6 nitrogen and oxygen atoms in total. The molecule has 2 heterocycles. The van der Waals surface area contributed by atoms with E-state index in [1.807, 2.05) is 26.8 Å². The van der Waals surface area contributed by atoms with Crippen LogP contribution in [0.25, 0.3) is 0 Å². The van der Waals surface area contributed by atoms with Crippen LogP contribution in [-0.2, 0) is 10.0 Å². The van der Waals surface area contributed by atoms with Gasteiger partial charge >= 0.3 is 0 Å². The molecule has 1 fully saturated rings. The van der Waals surface area contributed by atoms with Gasteiger partial charge in [-0.3, -0.25) is 9.78 Å². The van der Waals surface area contributed by atoms with Gasteiger partial charge in [-0.25, -0.2) is 8.42 Å². The molecular formula is C19H23N3O3S. The first-order valence-corrected chi connectivity index (χ1v) is 10.0. The summed E-state index contributed by atoms with van der Waals surface area (Å²) >= 11 is 0. The maximum atomic E-state index is 12.9. The van der Waals surface area contributed by atoms with E-state index >= 15 is 0 Å². The predicted octanol–water partition coefficient (Wildman–Crippen LogP) is 2.23. The number of hydrogen-bond acceptors (Lipinski definition) is 4. The summed E-state index contributed by atoms with van der Waals surface area (Å²) in [6.07, 6.45) is 1.60. The van der Waals surface area contributed by atoms with Crippen molar-refractivity contribution in [1.82, 2.24) is 14.2 Å². The number of aromatic nitrogens is 1. The summed E-state index contributed by atoms with van der Waals surface area (Å²) in [5, 5.41) is 0. The van der Waals surface area contributed by atoms with Crippen molar-refractivity contribution < 1.29 is 13.2 Å². The fourth-order valence-corrected chi connectivity index (χ4v) is 4.80. The Balaban J connectivity index is 1.77. The number of pyridine rings is 1. The number of amides is 1. The third kappa shape index (κ3) is 3.50. The van der Waals surface area contributed by atoms with Crippen molar-refractivity contribution in [1.29, 1.82) is 0 Å². The van der Waals surface area contributed by atoms with Gasteiger partial charge in [0.2, 0.25) is 10.0 Å². The molecule has 0 spiro atoms. The lowest BCUT2D eigenvalue weighted by Gasteiger charge is -2.38. The lowest BCUT2D eigenvalue weighted by Crippen LogP contribution is -2.55. The van der Waals surface area contributed by atoms with Gasteiger partial charge in [-0.15, -0.1) is 0 Å². The molecule has 0 unspecified atom stereocenters. The molecule has 1 atom stereocenters. The topological polar surface area (TPSA) is 70.6 Å². The predicted molar refractivity (Wildman–Crippen MR) is 99.4 cm³/mol. The Morgan fingerprint density at radius 1 is 1.12 bits per heavy atom. The molecule has 2 aromatic rings. The zero-order valence-electron chi connectivity index (χ0n) is 15.2. The molecule has 1 aliphatic heterocycles. The molecule has 0 radical (unpaired) electrons. The molecule has 1 aliphatic rings. The van der Waals surface area contributed by atoms with Gasteiger partial charge in [-0.2, -0.15) is 4.31 Å². The Bertz CT molecular complexity index is 910. The van der Waals surface area contributed by atoms with Gasteiger partial charge in [0.05, 0.1) is 4.90 Å². The summed E-state index contributed by atoms with van der Waals surface area (Å²) in [5.41, 5.74) is 2.26. The molecule has 3 rings (SSSR count). The second-order valence-corrected chi connectivity index (χ2v) is 8.59. The Hall–Kier alpha value is -2.25. The minimum atomic E-state index is -3.57. The molecular weight excluding hydrogens is 350 g/mol. The second kappa shape index (κ2) is 7.17. The number of nitrogens with zero attached hydrogens (tertiary/aromatic N) is 3. The summed E-state index contributed by atoms with van der Waals surface area (Å²) in [7, 11) is -3.57. The molecule has 1 aromatic heterocycles. The van der Waals surface area contributed by atoms with E-state index in [4.69, 9.17) is 0 Å². The van der Waals surface area contributed by atoms with Crippen molar-refractivity contribution >= 4 is 15.9 Å². The van der Waals surface area contributed by atoms with Crippen LogP contribution in [0.2, 0.25) is 0 Å². The highest BCUT2D eigenvalue weighted by Crippen LogP contribution is 2.22. The summed E-state index contributed by atoms with van der Waals surface area (Å²) in [6.45, 7) is 6.57. The van der Waals surface area contributed by atoms with Crippen LogP contribution in [0.1, 0.15) is 28.5 Å². The normalized spacial score (nSPS) is 18.7. The lowest BCUT2D eigenvalue weighted by atomic mass is 10.1. The average molecular weight is 373 g/mol. The molecule has 1 amide bonds. The summed E-state index contributed by atoms with van der Waals surface area (Å²) in [5.74, 6) is -0.151. The number of piperazine rings is 1. The van der Waals surface area contributed by atoms with E-state index in [-0.39, 0.29) is 23.4 Å². The molecule has 0 N–H and O–H groups in total. The van der Waals surface area contributed by atoms with E-state index in [0.29, 0.717) is 18.8 Å². The number of aryl methyl sites for hydroxylation is 2. The highest BCUT2D eigenvalue weighted by Gasteiger charge is 2.35. The Morgan fingerprint density at radius 2 is 1.81 bits per heavy atom. The van der Waals surface area contributed by atoms with Crippen LogP contribution in [0.3, 0.4) is 0 Å². The average Bonchev–Trinajstić information content (AvgIpc) is 2.61. The smallest absolute Gasteiger partial charge is 0.272 e. The number of carbonyl (C=O) groups excluding carboxylic acids is 1. The van der Waals surface area contributed by atoms with Gasteiger partial charge in [0.25, 0.3) is 5.91 Å². The van der Waals surface area contributed by atoms with E-state index in [2.05, 4.69) is 4.98 Å². The van der Waals surface area contributed by atoms with Crippen molar-refractivity contribution in [2.45, 2.75) is 31.7 Å². The van der Waals surface area contributed by atoms with Gasteiger partial charge in [0, 0.05) is 31.9 Å². The van der Waals surface area contributed by atoms with Crippen LogP contribution in [-0.4, -0.2) is 54.2 Å². The fourth-order valence-electron chi connectivity index (χ4n) is 3.19. The van der Waals surface area contributed by atoms with Crippen molar-refractivity contribution in [3.63, 3.8) is 0 Å². The Kier molecular flexibility index (Phi) is 5.11. The number of sulfonamides is 1. The van der Waals surface area contributed by atoms with Crippen molar-refractivity contribution in [3.8, 4) is 0 Å². The Morgan fingerprint density at radius 3 is 2.42 bits per heavy atom. The molecule has 7 heteroatoms. The van der Waals surface area contributed by atoms with E-state index < -0.39 is 10.0 Å². The fraction of sp³-hybridized carbons (Fsp3) is 0.368. The zero-order chi connectivity index (χ0) is 18.9. The molecule has 138 valence electrons. The van der Waals surface area contributed by atoms with Gasteiger partial charge in [-0.1, -0.05) is 23.8 Å². The van der Waals surface area contributed by atoms with Crippen LogP contribution in [0.15, 0.2) is 47.5 Å². The van der Waals surface area contributed by atoms with Crippen LogP contribution in [0.5, 0.6) is 0 Å². The van der Waals surface area contributed by atoms with Gasteiger partial charge in [0.15, 0.2) is 0 Å². The molecule has 1 aromatic carbocycles. The quantitative estimate of drug-likeness (QED) is 0.827. The summed E-state index contributed by atoms with van der Waals surface area (Å²) in [4.78, 5) is 18.9. The minimum absolute atomic E-state index is 0.151. The molecule has 1 saturated heterocycles. The largest absolute Gasteiger partial charge is 0.334 e. The lowest BCUT2D eigenvalue weighted by molar-refractivity contribution is 0.0635. The van der Waals surface area contributed by atoms with E-state index in [0.717, 1.165) is 11.1 Å². The van der Waals surface area contributed by atoms with Crippen molar-refractivity contribution in [2.75, 3.05) is 19.6 Å². The number of hydrogen-bond donors (Lipinski definition) is 0. The van der Waals surface area contributed by atoms with E-state index in [1.54, 1.807) is 41.4 Å². The standard InChI is InChI=1S/C19H23N3O3S/c1-14-6-8-17(9-7-14)26(24,25)22-12-11-21(13-16(22)3)19(23)18-15(2)5-4-10-20-18/h4-10,16H,11-13H2,1-3H3/t16-/m1/s1. The molecule has 26 heavy (non-hydrogen) atoms. The van der Waals surface area contributed by atoms with Crippen molar-refractivity contribution in [3.05, 3.63) is 59.4 Å². The maximum absolute atomic E-state index is 12.9. The monoisotopic (exact) mass is 373 g/mol. The van der Waals surface area contributed by atoms with Gasteiger partial charge < -0.3 is 4.90 Å². The SMILES string of the molecule is Cc1ccc(S(=O)(=O)N2CCN(C(=O)c3ncccc3C)C[C@H]2C)cc1. The highest BCUT2D eigenvalue weighted by atomic mass is 32.2. The van der Waals surface area contributed by atoms with Crippen LogP contribution < -0.4 is 0 Å². The number of rotatable bonds is 3. The highest BCUT2D eigenvalue weighted by molar-refractivity contribution is 7.89. The molecule has 0 bridgehead atoms. The Labute approximate surface area is 154 Å². The molecule has 0 saturated carbocycles. The zero-order valence-corrected chi connectivity index (χ0v) is 16.0. The minimum Gasteiger partial charge on any atom is -0.334 e. The third-order valence-electron chi connectivity index (χ3n) is 4.69. The van der Waals surface area contributed by atoms with Gasteiger partial charge in [-0.05, 0) is 44.5 Å². The number of carbonyl (C=O) groups is 1. The second-order valence-electron chi connectivity index (χ2n) is 6.70. The van der Waals surface area contributed by atoms with Crippen LogP contribution in [0.4, 0.5) is 0 Å². The van der Waals surface area contributed by atoms with Gasteiger partial charge in [0.1, 0.15) is 5.69 Å².